The standard InChI is InChI=1S/C12H16BrNO2S/c13-12-7-6-10(17(14,15)16)8-11(12)9-4-2-1-3-5-9/h6-9H,1-5H2,(H2,14,15,16). The van der Waals surface area contributed by atoms with E-state index in [2.05, 4.69) is 15.9 Å². The van der Waals surface area contributed by atoms with Gasteiger partial charge in [0.1, 0.15) is 0 Å². The van der Waals surface area contributed by atoms with Crippen molar-refractivity contribution in [3.05, 3.63) is 28.2 Å². The van der Waals surface area contributed by atoms with Crippen LogP contribution in [0.15, 0.2) is 27.6 Å². The summed E-state index contributed by atoms with van der Waals surface area (Å²) in [5.41, 5.74) is 1.08. The summed E-state index contributed by atoms with van der Waals surface area (Å²) < 4.78 is 23.7. The number of halogens is 1. The van der Waals surface area contributed by atoms with E-state index < -0.39 is 10.0 Å². The van der Waals surface area contributed by atoms with Crippen molar-refractivity contribution in [2.45, 2.75) is 42.9 Å². The topological polar surface area (TPSA) is 60.2 Å². The van der Waals surface area contributed by atoms with E-state index in [-0.39, 0.29) is 4.90 Å². The third-order valence-corrected chi connectivity index (χ3v) is 4.97. The highest BCUT2D eigenvalue weighted by molar-refractivity contribution is 9.10. The fourth-order valence-electron chi connectivity index (χ4n) is 2.43. The van der Waals surface area contributed by atoms with Gasteiger partial charge in [0.15, 0.2) is 0 Å². The van der Waals surface area contributed by atoms with E-state index >= 15 is 0 Å². The van der Waals surface area contributed by atoms with Crippen LogP contribution in [0.3, 0.4) is 0 Å². The van der Waals surface area contributed by atoms with Crippen LogP contribution < -0.4 is 5.14 Å². The van der Waals surface area contributed by atoms with E-state index in [1.807, 2.05) is 0 Å². The third kappa shape index (κ3) is 3.09. The van der Waals surface area contributed by atoms with E-state index in [0.717, 1.165) is 22.9 Å². The molecule has 1 aromatic rings. The molecule has 0 atom stereocenters. The van der Waals surface area contributed by atoms with Crippen LogP contribution in [0.5, 0.6) is 0 Å². The molecule has 0 saturated heterocycles. The number of sulfonamides is 1. The molecule has 17 heavy (non-hydrogen) atoms. The lowest BCUT2D eigenvalue weighted by Gasteiger charge is -2.23. The van der Waals surface area contributed by atoms with E-state index in [0.29, 0.717) is 5.92 Å². The van der Waals surface area contributed by atoms with Crippen molar-refractivity contribution < 1.29 is 8.42 Å². The molecule has 1 fully saturated rings. The Kier molecular flexibility index (Phi) is 3.90. The Morgan fingerprint density at radius 1 is 1.18 bits per heavy atom. The average molecular weight is 318 g/mol. The first-order valence-electron chi connectivity index (χ1n) is 5.81. The van der Waals surface area contributed by atoms with Gasteiger partial charge >= 0.3 is 0 Å². The Balaban J connectivity index is 2.38. The van der Waals surface area contributed by atoms with Crippen LogP contribution in [0, 0.1) is 0 Å². The summed E-state index contributed by atoms with van der Waals surface area (Å²) in [4.78, 5) is 0.210. The van der Waals surface area contributed by atoms with E-state index in [4.69, 9.17) is 5.14 Å². The van der Waals surface area contributed by atoms with Crippen LogP contribution in [0.4, 0.5) is 0 Å². The highest BCUT2D eigenvalue weighted by Gasteiger charge is 2.20. The molecule has 0 aliphatic heterocycles. The van der Waals surface area contributed by atoms with Gasteiger partial charge in [-0.15, -0.1) is 0 Å². The first-order valence-corrected chi connectivity index (χ1v) is 8.14. The summed E-state index contributed by atoms with van der Waals surface area (Å²) in [5.74, 6) is 0.458. The second-order valence-electron chi connectivity index (χ2n) is 4.56. The monoisotopic (exact) mass is 317 g/mol. The van der Waals surface area contributed by atoms with Crippen molar-refractivity contribution in [2.24, 2.45) is 5.14 Å². The second-order valence-corrected chi connectivity index (χ2v) is 6.98. The van der Waals surface area contributed by atoms with Gasteiger partial charge in [-0.1, -0.05) is 35.2 Å². The van der Waals surface area contributed by atoms with Gasteiger partial charge in [-0.3, -0.25) is 0 Å². The van der Waals surface area contributed by atoms with Gasteiger partial charge in [0, 0.05) is 4.47 Å². The van der Waals surface area contributed by atoms with Crippen molar-refractivity contribution in [3.63, 3.8) is 0 Å². The molecule has 1 aromatic carbocycles. The molecule has 1 aliphatic carbocycles. The lowest BCUT2D eigenvalue weighted by atomic mass is 9.84. The van der Waals surface area contributed by atoms with Gasteiger partial charge in [-0.05, 0) is 42.5 Å². The van der Waals surface area contributed by atoms with Gasteiger partial charge in [0.2, 0.25) is 10.0 Å². The maximum atomic E-state index is 11.3. The summed E-state index contributed by atoms with van der Waals surface area (Å²) in [6.07, 6.45) is 5.98. The number of primary sulfonamides is 1. The summed E-state index contributed by atoms with van der Waals surface area (Å²) in [6.45, 7) is 0. The third-order valence-electron chi connectivity index (χ3n) is 3.34. The predicted octanol–water partition coefficient (Wildman–Crippen LogP) is 3.14. The molecule has 0 radical (unpaired) electrons. The molecule has 0 bridgehead atoms. The van der Waals surface area contributed by atoms with Crippen LogP contribution in [0.1, 0.15) is 43.6 Å². The molecule has 0 spiro atoms. The first-order chi connectivity index (χ1) is 7.98. The van der Waals surface area contributed by atoms with Crippen molar-refractivity contribution >= 4 is 26.0 Å². The van der Waals surface area contributed by atoms with E-state index in [1.54, 1.807) is 18.2 Å². The molecule has 3 nitrogen and oxygen atoms in total. The SMILES string of the molecule is NS(=O)(=O)c1ccc(Br)c(C2CCCCC2)c1. The molecular weight excluding hydrogens is 302 g/mol. The highest BCUT2D eigenvalue weighted by Crippen LogP contribution is 2.37. The molecule has 2 rings (SSSR count). The second kappa shape index (κ2) is 5.08. The highest BCUT2D eigenvalue weighted by atomic mass is 79.9. The summed E-state index contributed by atoms with van der Waals surface area (Å²) in [5, 5.41) is 5.16. The van der Waals surface area contributed by atoms with Crippen LogP contribution in [-0.4, -0.2) is 8.42 Å². The van der Waals surface area contributed by atoms with Crippen LogP contribution in [0.2, 0.25) is 0 Å². The molecular formula is C12H16BrNO2S. The fraction of sp³-hybridized carbons (Fsp3) is 0.500. The molecule has 94 valence electrons. The Morgan fingerprint density at radius 2 is 1.82 bits per heavy atom. The van der Waals surface area contributed by atoms with Gasteiger partial charge in [-0.25, -0.2) is 13.6 Å². The summed E-state index contributed by atoms with van der Waals surface area (Å²) >= 11 is 3.50. The number of nitrogens with two attached hydrogens (primary N) is 1. The summed E-state index contributed by atoms with van der Waals surface area (Å²) in [7, 11) is -3.60. The molecule has 0 amide bonds. The van der Waals surface area contributed by atoms with Gasteiger partial charge in [0.05, 0.1) is 4.90 Å². The maximum absolute atomic E-state index is 11.3. The zero-order valence-corrected chi connectivity index (χ0v) is 11.9. The van der Waals surface area contributed by atoms with Crippen molar-refractivity contribution in [1.29, 1.82) is 0 Å². The van der Waals surface area contributed by atoms with Crippen LogP contribution in [0.25, 0.3) is 0 Å². The van der Waals surface area contributed by atoms with Crippen molar-refractivity contribution in [2.75, 3.05) is 0 Å². The molecule has 0 heterocycles. The lowest BCUT2D eigenvalue weighted by Crippen LogP contribution is -2.13. The number of benzene rings is 1. The van der Waals surface area contributed by atoms with Crippen molar-refractivity contribution in [3.8, 4) is 0 Å². The quantitative estimate of drug-likeness (QED) is 0.910. The minimum absolute atomic E-state index is 0.210. The molecule has 0 unspecified atom stereocenters. The molecule has 1 aliphatic rings. The molecule has 2 N–H and O–H groups in total. The fourth-order valence-corrected chi connectivity index (χ4v) is 3.54. The van der Waals surface area contributed by atoms with Crippen LogP contribution >= 0.6 is 15.9 Å². The smallest absolute Gasteiger partial charge is 0.225 e. The first kappa shape index (κ1) is 13.1. The molecule has 0 aromatic heterocycles. The van der Waals surface area contributed by atoms with Crippen LogP contribution in [-0.2, 0) is 10.0 Å². The Morgan fingerprint density at radius 3 is 2.41 bits per heavy atom. The lowest BCUT2D eigenvalue weighted by molar-refractivity contribution is 0.442. The minimum atomic E-state index is -3.60. The Labute approximate surface area is 111 Å². The Hall–Kier alpha value is -0.390. The predicted molar refractivity (Wildman–Crippen MR) is 71.3 cm³/mol. The molecule has 5 heteroatoms. The average Bonchev–Trinajstić information content (AvgIpc) is 2.29. The van der Waals surface area contributed by atoms with E-state index in [1.165, 1.54) is 19.3 Å². The van der Waals surface area contributed by atoms with Gasteiger partial charge in [0.25, 0.3) is 0 Å². The normalized spacial score (nSPS) is 18.2. The summed E-state index contributed by atoms with van der Waals surface area (Å²) in [6, 6.07) is 5.05. The van der Waals surface area contributed by atoms with Gasteiger partial charge in [-0.2, -0.15) is 0 Å². The largest absolute Gasteiger partial charge is 0.238 e. The Bertz CT molecular complexity index is 507. The zero-order chi connectivity index (χ0) is 12.5. The zero-order valence-electron chi connectivity index (χ0n) is 9.52. The minimum Gasteiger partial charge on any atom is -0.225 e. The van der Waals surface area contributed by atoms with Gasteiger partial charge < -0.3 is 0 Å². The number of hydrogen-bond donors (Lipinski definition) is 1. The van der Waals surface area contributed by atoms with Crippen molar-refractivity contribution in [1.82, 2.24) is 0 Å². The number of rotatable bonds is 2. The molecule has 1 saturated carbocycles. The number of hydrogen-bond acceptors (Lipinski definition) is 2. The van der Waals surface area contributed by atoms with E-state index in [9.17, 15) is 8.42 Å². The maximum Gasteiger partial charge on any atom is 0.238 e.